The van der Waals surface area contributed by atoms with E-state index in [2.05, 4.69) is 23.5 Å². The van der Waals surface area contributed by atoms with Gasteiger partial charge in [0.2, 0.25) is 0 Å². The SMILES string of the molecule is C=CC(C)=N/C=C(\C)C(=C)NC1CCCC1. The topological polar surface area (TPSA) is 24.4 Å². The fraction of sp³-hybridized carbons (Fsp3) is 0.500. The molecule has 0 amide bonds. The van der Waals surface area contributed by atoms with Crippen LogP contribution in [-0.2, 0) is 0 Å². The predicted molar refractivity (Wildman–Crippen MR) is 71.6 cm³/mol. The van der Waals surface area contributed by atoms with Crippen LogP contribution in [0.4, 0.5) is 0 Å². The van der Waals surface area contributed by atoms with Crippen LogP contribution < -0.4 is 5.32 Å². The molecule has 0 aromatic carbocycles. The van der Waals surface area contributed by atoms with E-state index in [0.29, 0.717) is 6.04 Å². The molecule has 0 spiro atoms. The second-order valence-corrected chi connectivity index (χ2v) is 4.39. The fourth-order valence-electron chi connectivity index (χ4n) is 1.76. The molecule has 0 radical (unpaired) electrons. The quantitative estimate of drug-likeness (QED) is 0.553. The molecule has 1 aliphatic carbocycles. The van der Waals surface area contributed by atoms with Crippen LogP contribution in [0.5, 0.6) is 0 Å². The van der Waals surface area contributed by atoms with Crippen molar-refractivity contribution < 1.29 is 0 Å². The third-order valence-corrected chi connectivity index (χ3v) is 2.97. The van der Waals surface area contributed by atoms with E-state index in [1.165, 1.54) is 25.7 Å². The molecule has 1 N–H and O–H groups in total. The Morgan fingerprint density at radius 2 is 1.94 bits per heavy atom. The van der Waals surface area contributed by atoms with Crippen molar-refractivity contribution in [2.75, 3.05) is 0 Å². The summed E-state index contributed by atoms with van der Waals surface area (Å²) in [4.78, 5) is 4.27. The van der Waals surface area contributed by atoms with Gasteiger partial charge >= 0.3 is 0 Å². The van der Waals surface area contributed by atoms with Gasteiger partial charge in [0.15, 0.2) is 0 Å². The van der Waals surface area contributed by atoms with Gasteiger partial charge in [0.25, 0.3) is 0 Å². The molecule has 2 heteroatoms. The molecule has 0 bridgehead atoms. The van der Waals surface area contributed by atoms with Crippen molar-refractivity contribution in [3.63, 3.8) is 0 Å². The maximum atomic E-state index is 4.27. The lowest BCUT2D eigenvalue weighted by Gasteiger charge is -2.15. The lowest BCUT2D eigenvalue weighted by molar-refractivity contribution is 0.589. The zero-order valence-electron chi connectivity index (χ0n) is 10.4. The molecule has 2 nitrogen and oxygen atoms in total. The molecule has 0 saturated heterocycles. The monoisotopic (exact) mass is 218 g/mol. The summed E-state index contributed by atoms with van der Waals surface area (Å²) in [6.45, 7) is 11.7. The molecule has 0 aromatic heterocycles. The number of nitrogens with one attached hydrogen (secondary N) is 1. The molecule has 1 rings (SSSR count). The Balaban J connectivity index is 2.49. The molecule has 88 valence electrons. The van der Waals surface area contributed by atoms with Crippen LogP contribution in [0, 0.1) is 0 Å². The Kier molecular flexibility index (Phi) is 5.03. The predicted octanol–water partition coefficient (Wildman–Crippen LogP) is 3.58. The number of allylic oxidation sites excluding steroid dienone is 2. The molecular weight excluding hydrogens is 196 g/mol. The third-order valence-electron chi connectivity index (χ3n) is 2.97. The van der Waals surface area contributed by atoms with Crippen molar-refractivity contribution in [3.05, 3.63) is 36.7 Å². The van der Waals surface area contributed by atoms with Crippen LogP contribution in [-0.4, -0.2) is 11.8 Å². The van der Waals surface area contributed by atoms with Crippen molar-refractivity contribution in [1.82, 2.24) is 5.32 Å². The minimum Gasteiger partial charge on any atom is -0.383 e. The smallest absolute Gasteiger partial charge is 0.0366 e. The summed E-state index contributed by atoms with van der Waals surface area (Å²) >= 11 is 0. The lowest BCUT2D eigenvalue weighted by Crippen LogP contribution is -2.25. The second kappa shape index (κ2) is 6.31. The molecule has 0 heterocycles. The fourth-order valence-corrected chi connectivity index (χ4v) is 1.76. The first-order chi connectivity index (χ1) is 7.63. The van der Waals surface area contributed by atoms with Crippen molar-refractivity contribution in [1.29, 1.82) is 0 Å². The van der Waals surface area contributed by atoms with Gasteiger partial charge in [-0.2, -0.15) is 0 Å². The lowest BCUT2D eigenvalue weighted by atomic mass is 10.2. The van der Waals surface area contributed by atoms with Gasteiger partial charge in [-0.25, -0.2) is 0 Å². The van der Waals surface area contributed by atoms with Gasteiger partial charge in [-0.05, 0) is 38.3 Å². The summed E-state index contributed by atoms with van der Waals surface area (Å²) in [5.41, 5.74) is 3.01. The number of aliphatic imine (C=N–C) groups is 1. The van der Waals surface area contributed by atoms with Crippen molar-refractivity contribution in [2.24, 2.45) is 4.99 Å². The Morgan fingerprint density at radius 1 is 1.31 bits per heavy atom. The first kappa shape index (κ1) is 12.8. The number of nitrogens with zero attached hydrogens (tertiary/aromatic N) is 1. The highest BCUT2D eigenvalue weighted by Crippen LogP contribution is 2.19. The molecule has 0 unspecified atom stereocenters. The Labute approximate surface area is 98.9 Å². The zero-order chi connectivity index (χ0) is 12.0. The molecule has 0 atom stereocenters. The van der Waals surface area contributed by atoms with Crippen LogP contribution in [0.3, 0.4) is 0 Å². The molecule has 1 aliphatic rings. The van der Waals surface area contributed by atoms with Gasteiger partial charge in [0.1, 0.15) is 0 Å². The van der Waals surface area contributed by atoms with E-state index < -0.39 is 0 Å². The first-order valence-corrected chi connectivity index (χ1v) is 5.93. The van der Waals surface area contributed by atoms with E-state index in [-0.39, 0.29) is 0 Å². The summed E-state index contributed by atoms with van der Waals surface area (Å²) in [5.74, 6) is 0. The van der Waals surface area contributed by atoms with Gasteiger partial charge in [0, 0.05) is 23.7 Å². The van der Waals surface area contributed by atoms with Crippen LogP contribution in [0.2, 0.25) is 0 Å². The maximum absolute atomic E-state index is 4.27. The number of hydrogen-bond donors (Lipinski definition) is 1. The molecule has 1 saturated carbocycles. The van der Waals surface area contributed by atoms with Gasteiger partial charge in [-0.1, -0.05) is 26.0 Å². The van der Waals surface area contributed by atoms with E-state index in [0.717, 1.165) is 17.0 Å². The summed E-state index contributed by atoms with van der Waals surface area (Å²) < 4.78 is 0. The summed E-state index contributed by atoms with van der Waals surface area (Å²) in [6, 6.07) is 0.611. The van der Waals surface area contributed by atoms with Crippen LogP contribution in [0.25, 0.3) is 0 Å². The van der Waals surface area contributed by atoms with E-state index in [1.54, 1.807) is 6.08 Å². The van der Waals surface area contributed by atoms with Crippen molar-refractivity contribution >= 4 is 5.71 Å². The van der Waals surface area contributed by atoms with Crippen LogP contribution >= 0.6 is 0 Å². The highest BCUT2D eigenvalue weighted by atomic mass is 14.9. The van der Waals surface area contributed by atoms with E-state index in [9.17, 15) is 0 Å². The van der Waals surface area contributed by atoms with Gasteiger partial charge < -0.3 is 5.32 Å². The van der Waals surface area contributed by atoms with E-state index in [1.807, 2.05) is 20.0 Å². The average molecular weight is 218 g/mol. The van der Waals surface area contributed by atoms with Crippen LogP contribution in [0.15, 0.2) is 41.7 Å². The summed E-state index contributed by atoms with van der Waals surface area (Å²) in [7, 11) is 0. The molecule has 0 aliphatic heterocycles. The number of hydrogen-bond acceptors (Lipinski definition) is 2. The maximum Gasteiger partial charge on any atom is 0.0366 e. The average Bonchev–Trinajstić information content (AvgIpc) is 2.77. The minimum atomic E-state index is 0.611. The van der Waals surface area contributed by atoms with Gasteiger partial charge in [0.05, 0.1) is 0 Å². The van der Waals surface area contributed by atoms with Crippen molar-refractivity contribution in [3.8, 4) is 0 Å². The molecule has 16 heavy (non-hydrogen) atoms. The second-order valence-electron chi connectivity index (χ2n) is 4.39. The summed E-state index contributed by atoms with van der Waals surface area (Å²) in [5, 5.41) is 3.46. The number of rotatable bonds is 5. The van der Waals surface area contributed by atoms with Crippen molar-refractivity contribution in [2.45, 2.75) is 45.6 Å². The molecular formula is C14H22N2. The highest BCUT2D eigenvalue weighted by molar-refractivity contribution is 5.92. The standard InChI is InChI=1S/C14H22N2/c1-5-12(3)15-10-11(2)13(4)16-14-8-6-7-9-14/h5,10,14,16H,1,4,6-9H2,2-3H3/b11-10+,15-12?. The van der Waals surface area contributed by atoms with E-state index >= 15 is 0 Å². The minimum absolute atomic E-state index is 0.611. The first-order valence-electron chi connectivity index (χ1n) is 5.93. The Hall–Kier alpha value is -1.31. The normalized spacial score (nSPS) is 18.6. The molecule has 0 aromatic rings. The van der Waals surface area contributed by atoms with E-state index in [4.69, 9.17) is 0 Å². The van der Waals surface area contributed by atoms with Gasteiger partial charge in [-0.3, -0.25) is 4.99 Å². The third kappa shape index (κ3) is 4.05. The van der Waals surface area contributed by atoms with Crippen LogP contribution in [0.1, 0.15) is 39.5 Å². The largest absolute Gasteiger partial charge is 0.383 e. The zero-order valence-corrected chi connectivity index (χ0v) is 10.4. The molecule has 1 fully saturated rings. The highest BCUT2D eigenvalue weighted by Gasteiger charge is 2.14. The van der Waals surface area contributed by atoms with Gasteiger partial charge in [-0.15, -0.1) is 0 Å². The Morgan fingerprint density at radius 3 is 2.50 bits per heavy atom. The summed E-state index contributed by atoms with van der Waals surface area (Å²) in [6.07, 6.45) is 8.80. The Bertz CT molecular complexity index is 318.